The minimum Gasteiger partial charge on any atom is -0.207 e. The Bertz CT molecular complexity index is 384. The normalized spacial score (nSPS) is 9.00. The van der Waals surface area contributed by atoms with Crippen molar-refractivity contribution in [1.29, 1.82) is 0 Å². The van der Waals surface area contributed by atoms with Gasteiger partial charge < -0.3 is 0 Å². The van der Waals surface area contributed by atoms with Gasteiger partial charge in [0, 0.05) is 11.0 Å². The second kappa shape index (κ2) is 6.19. The van der Waals surface area contributed by atoms with E-state index in [1.165, 1.54) is 18.2 Å². The zero-order valence-corrected chi connectivity index (χ0v) is 8.79. The third-order valence-electron chi connectivity index (χ3n) is 1.54. The van der Waals surface area contributed by atoms with Gasteiger partial charge in [0.15, 0.2) is 0 Å². The molecule has 0 aliphatic rings. The predicted octanol–water partition coefficient (Wildman–Crippen LogP) is 3.94. The number of halogens is 2. The van der Waals surface area contributed by atoms with Crippen LogP contribution >= 0.6 is 12.6 Å². The maximum Gasteiger partial charge on any atom is 0.126 e. The Hall–Kier alpha value is -1.35. The zero-order valence-electron chi connectivity index (χ0n) is 7.90. The van der Waals surface area contributed by atoms with Crippen LogP contribution in [-0.4, -0.2) is 0 Å². The molecule has 0 N–H and O–H groups in total. The molecule has 2 aromatic rings. The van der Waals surface area contributed by atoms with Crippen molar-refractivity contribution >= 4 is 12.6 Å². The van der Waals surface area contributed by atoms with Crippen LogP contribution < -0.4 is 0 Å². The number of benzene rings is 2. The van der Waals surface area contributed by atoms with Crippen LogP contribution in [0.4, 0.5) is 8.78 Å². The van der Waals surface area contributed by atoms with Crippen molar-refractivity contribution in [1.82, 2.24) is 0 Å². The second-order valence-corrected chi connectivity index (χ2v) is 3.29. The Morgan fingerprint density at radius 1 is 0.733 bits per heavy atom. The Morgan fingerprint density at radius 3 is 1.53 bits per heavy atom. The molecule has 0 bridgehead atoms. The summed E-state index contributed by atoms with van der Waals surface area (Å²) in [6.07, 6.45) is 0. The van der Waals surface area contributed by atoms with Crippen molar-refractivity contribution in [3.8, 4) is 0 Å². The lowest BCUT2D eigenvalue weighted by Crippen LogP contribution is -1.73. The molecule has 0 unspecified atom stereocenters. The van der Waals surface area contributed by atoms with Crippen LogP contribution in [0, 0.1) is 11.6 Å². The molecule has 2 rings (SSSR count). The molecule has 0 heterocycles. The SMILES string of the molecule is Fc1cccc(F)c1.Sc1ccccc1. The summed E-state index contributed by atoms with van der Waals surface area (Å²) in [6, 6.07) is 14.3. The van der Waals surface area contributed by atoms with E-state index in [1.807, 2.05) is 30.3 Å². The van der Waals surface area contributed by atoms with Gasteiger partial charge in [-0.05, 0) is 24.3 Å². The van der Waals surface area contributed by atoms with Gasteiger partial charge >= 0.3 is 0 Å². The molecule has 0 radical (unpaired) electrons. The topological polar surface area (TPSA) is 0 Å². The summed E-state index contributed by atoms with van der Waals surface area (Å²) >= 11 is 4.08. The molecule has 2 aromatic carbocycles. The first-order valence-electron chi connectivity index (χ1n) is 4.33. The summed E-state index contributed by atoms with van der Waals surface area (Å²) in [5, 5.41) is 0. The van der Waals surface area contributed by atoms with Gasteiger partial charge in [-0.1, -0.05) is 24.3 Å². The van der Waals surface area contributed by atoms with Gasteiger partial charge in [-0.25, -0.2) is 8.78 Å². The first-order valence-corrected chi connectivity index (χ1v) is 4.78. The second-order valence-electron chi connectivity index (χ2n) is 2.78. The van der Waals surface area contributed by atoms with E-state index < -0.39 is 11.6 Å². The van der Waals surface area contributed by atoms with Gasteiger partial charge in [0.05, 0.1) is 0 Å². The number of hydrogen-bond donors (Lipinski definition) is 1. The molecule has 78 valence electrons. The summed E-state index contributed by atoms with van der Waals surface area (Å²) in [6.45, 7) is 0. The van der Waals surface area contributed by atoms with Crippen molar-refractivity contribution in [3.63, 3.8) is 0 Å². The van der Waals surface area contributed by atoms with Crippen LogP contribution in [0.1, 0.15) is 0 Å². The van der Waals surface area contributed by atoms with Crippen molar-refractivity contribution in [2.24, 2.45) is 0 Å². The Kier molecular flexibility index (Phi) is 4.84. The van der Waals surface area contributed by atoms with Crippen molar-refractivity contribution in [3.05, 3.63) is 66.2 Å². The van der Waals surface area contributed by atoms with Crippen LogP contribution in [0.5, 0.6) is 0 Å². The minimum absolute atomic E-state index is 0.537. The molecular weight excluding hydrogens is 214 g/mol. The highest BCUT2D eigenvalue weighted by Crippen LogP contribution is 2.01. The van der Waals surface area contributed by atoms with Gasteiger partial charge in [-0.2, -0.15) is 0 Å². The molecule has 3 heteroatoms. The van der Waals surface area contributed by atoms with E-state index in [2.05, 4.69) is 12.6 Å². The van der Waals surface area contributed by atoms with Gasteiger partial charge in [0.1, 0.15) is 11.6 Å². The highest BCUT2D eigenvalue weighted by atomic mass is 32.1. The van der Waals surface area contributed by atoms with Crippen molar-refractivity contribution in [2.75, 3.05) is 0 Å². The molecule has 0 aliphatic heterocycles. The molecule has 0 atom stereocenters. The molecule has 0 nitrogen and oxygen atoms in total. The van der Waals surface area contributed by atoms with E-state index in [1.54, 1.807) is 0 Å². The smallest absolute Gasteiger partial charge is 0.126 e. The van der Waals surface area contributed by atoms with Crippen LogP contribution in [0.25, 0.3) is 0 Å². The molecule has 0 aromatic heterocycles. The van der Waals surface area contributed by atoms with Gasteiger partial charge in [0.25, 0.3) is 0 Å². The lowest BCUT2D eigenvalue weighted by Gasteiger charge is -1.84. The summed E-state index contributed by atoms with van der Waals surface area (Å²) in [4.78, 5) is 1.02. The third kappa shape index (κ3) is 5.18. The van der Waals surface area contributed by atoms with E-state index in [4.69, 9.17) is 0 Å². The number of hydrogen-bond acceptors (Lipinski definition) is 1. The van der Waals surface area contributed by atoms with Gasteiger partial charge in [0.2, 0.25) is 0 Å². The molecule has 0 amide bonds. The number of thiol groups is 1. The summed E-state index contributed by atoms with van der Waals surface area (Å²) in [5.74, 6) is -1.07. The monoisotopic (exact) mass is 224 g/mol. The van der Waals surface area contributed by atoms with Crippen LogP contribution in [0.15, 0.2) is 59.5 Å². The fraction of sp³-hybridized carbons (Fsp3) is 0. The number of rotatable bonds is 0. The maximum absolute atomic E-state index is 11.9. The zero-order chi connectivity index (χ0) is 11.1. The highest BCUT2D eigenvalue weighted by molar-refractivity contribution is 7.80. The van der Waals surface area contributed by atoms with E-state index in [0.717, 1.165) is 11.0 Å². The largest absolute Gasteiger partial charge is 0.207 e. The summed E-state index contributed by atoms with van der Waals surface area (Å²) in [5.41, 5.74) is 0. The highest BCUT2D eigenvalue weighted by Gasteiger charge is 1.88. The van der Waals surface area contributed by atoms with Crippen molar-refractivity contribution < 1.29 is 8.78 Å². The van der Waals surface area contributed by atoms with Crippen LogP contribution in [-0.2, 0) is 0 Å². The van der Waals surface area contributed by atoms with Gasteiger partial charge in [-0.3, -0.25) is 0 Å². The maximum atomic E-state index is 11.9. The fourth-order valence-electron chi connectivity index (χ4n) is 0.888. The summed E-state index contributed by atoms with van der Waals surface area (Å²) < 4.78 is 23.9. The predicted molar refractivity (Wildman–Crippen MR) is 60.1 cm³/mol. The fourth-order valence-corrected chi connectivity index (χ4v) is 1.06. The van der Waals surface area contributed by atoms with E-state index in [-0.39, 0.29) is 0 Å². The lowest BCUT2D eigenvalue weighted by atomic mass is 10.3. The molecule has 15 heavy (non-hydrogen) atoms. The van der Waals surface area contributed by atoms with E-state index in [9.17, 15) is 8.78 Å². The molecule has 0 fully saturated rings. The average molecular weight is 224 g/mol. The Morgan fingerprint density at radius 2 is 1.27 bits per heavy atom. The average Bonchev–Trinajstić information content (AvgIpc) is 2.19. The third-order valence-corrected chi connectivity index (χ3v) is 1.84. The van der Waals surface area contributed by atoms with Crippen LogP contribution in [0.3, 0.4) is 0 Å². The first-order chi connectivity index (χ1) is 7.18. The van der Waals surface area contributed by atoms with Gasteiger partial charge in [-0.15, -0.1) is 12.6 Å². The lowest BCUT2D eigenvalue weighted by molar-refractivity contribution is 0.583. The van der Waals surface area contributed by atoms with Crippen LogP contribution in [0.2, 0.25) is 0 Å². The first kappa shape index (κ1) is 11.7. The standard InChI is InChI=1S/C6H4F2.C6H6S/c7-5-2-1-3-6(8)4-5;7-6-4-2-1-3-5-6/h1-4H;1-5,7H. The Labute approximate surface area is 93.0 Å². The quantitative estimate of drug-likeness (QED) is 0.644. The minimum atomic E-state index is -0.537. The van der Waals surface area contributed by atoms with E-state index in [0.29, 0.717) is 0 Å². The molecule has 0 aliphatic carbocycles. The Balaban J connectivity index is 0.000000151. The summed E-state index contributed by atoms with van der Waals surface area (Å²) in [7, 11) is 0. The molecule has 0 saturated carbocycles. The molecular formula is C12H10F2S. The molecule has 0 saturated heterocycles. The van der Waals surface area contributed by atoms with Crippen molar-refractivity contribution in [2.45, 2.75) is 4.90 Å². The van der Waals surface area contributed by atoms with E-state index >= 15 is 0 Å². The molecule has 0 spiro atoms.